The molecule has 0 atom stereocenters. The lowest BCUT2D eigenvalue weighted by Gasteiger charge is -2.02. The molecule has 0 unspecified atom stereocenters. The van der Waals surface area contributed by atoms with Crippen LogP contribution >= 0.6 is 0 Å². The second-order valence-electron chi connectivity index (χ2n) is 5.24. The molecule has 0 aliphatic carbocycles. The van der Waals surface area contributed by atoms with Gasteiger partial charge in [0.05, 0.1) is 0 Å². The molecule has 92 valence electrons. The van der Waals surface area contributed by atoms with Crippen LogP contribution in [0, 0.1) is 0 Å². The van der Waals surface area contributed by atoms with E-state index in [9.17, 15) is 4.79 Å². The summed E-state index contributed by atoms with van der Waals surface area (Å²) >= 11 is 0. The van der Waals surface area contributed by atoms with E-state index in [0.717, 1.165) is 16.2 Å². The van der Waals surface area contributed by atoms with Crippen molar-refractivity contribution in [3.05, 3.63) is 65.1 Å². The molecule has 20 heavy (non-hydrogen) atoms. The van der Waals surface area contributed by atoms with Gasteiger partial charge in [-0.2, -0.15) is 0 Å². The number of benzene rings is 2. The van der Waals surface area contributed by atoms with Crippen molar-refractivity contribution in [3.63, 3.8) is 0 Å². The molecule has 0 N–H and O–H groups in total. The zero-order chi connectivity index (χ0) is 13.3. The summed E-state index contributed by atoms with van der Waals surface area (Å²) in [7, 11) is 0. The van der Waals surface area contributed by atoms with Crippen molar-refractivity contribution in [1.82, 2.24) is 4.98 Å². The van der Waals surface area contributed by atoms with E-state index < -0.39 is 0 Å². The summed E-state index contributed by atoms with van der Waals surface area (Å²) in [5.74, 6) is 0. The summed E-state index contributed by atoms with van der Waals surface area (Å²) in [4.78, 5) is 15.6. The van der Waals surface area contributed by atoms with Gasteiger partial charge < -0.3 is 0 Å². The standard InChI is InChI=1S/C18H9NO/c20-17-9-15-12(6-7-19-17)14-8-16(14)18-11-3-1-2-10(11)4-5-13(15)18/h1-9H. The normalized spacial score (nSPS) is 12.2. The molecule has 1 aromatic heterocycles. The first kappa shape index (κ1) is 10.1. The first-order chi connectivity index (χ1) is 9.83. The Hall–Kier alpha value is -2.74. The van der Waals surface area contributed by atoms with Crippen molar-refractivity contribution < 1.29 is 0 Å². The molecule has 0 radical (unpaired) electrons. The van der Waals surface area contributed by atoms with Crippen LogP contribution in [0.25, 0.3) is 43.1 Å². The molecular weight excluding hydrogens is 246 g/mol. The molecule has 0 aliphatic rings. The zero-order valence-electron chi connectivity index (χ0n) is 10.6. The summed E-state index contributed by atoms with van der Waals surface area (Å²) in [6, 6.07) is 16.4. The molecular formula is C18H9NO. The first-order valence-corrected chi connectivity index (χ1v) is 6.62. The first-order valence-electron chi connectivity index (χ1n) is 6.62. The number of rotatable bonds is 0. The quantitative estimate of drug-likeness (QED) is 0.419. The van der Waals surface area contributed by atoms with Gasteiger partial charge in [0.15, 0.2) is 0 Å². The summed E-state index contributed by atoms with van der Waals surface area (Å²) in [6.07, 6.45) is 1.60. The minimum absolute atomic E-state index is 0.190. The van der Waals surface area contributed by atoms with Crippen molar-refractivity contribution in [2.24, 2.45) is 0 Å². The molecule has 0 spiro atoms. The van der Waals surface area contributed by atoms with Crippen LogP contribution in [0.5, 0.6) is 0 Å². The van der Waals surface area contributed by atoms with Gasteiger partial charge in [0.2, 0.25) is 0 Å². The maximum Gasteiger partial charge on any atom is 0.270 e. The van der Waals surface area contributed by atoms with Crippen LogP contribution in [0.3, 0.4) is 0 Å². The average molecular weight is 255 g/mol. The molecule has 5 rings (SSSR count). The number of hydrogen-bond donors (Lipinski definition) is 0. The van der Waals surface area contributed by atoms with E-state index in [1.807, 2.05) is 6.07 Å². The molecule has 1 heterocycles. The second-order valence-corrected chi connectivity index (χ2v) is 5.24. The molecule has 0 saturated carbocycles. The fourth-order valence-electron chi connectivity index (χ4n) is 3.23. The fourth-order valence-corrected chi connectivity index (χ4v) is 3.23. The fraction of sp³-hybridized carbons (Fsp3) is 0. The lowest BCUT2D eigenvalue weighted by atomic mass is 10.0. The number of nitrogens with zero attached hydrogens (tertiary/aromatic N) is 1. The van der Waals surface area contributed by atoms with Gasteiger partial charge in [-0.1, -0.05) is 30.3 Å². The largest absolute Gasteiger partial charge is 0.270 e. The van der Waals surface area contributed by atoms with Gasteiger partial charge in [0.1, 0.15) is 0 Å². The van der Waals surface area contributed by atoms with Crippen LogP contribution in [0.4, 0.5) is 0 Å². The minimum Gasteiger partial charge on any atom is -0.267 e. The van der Waals surface area contributed by atoms with Gasteiger partial charge in [-0.25, -0.2) is 4.98 Å². The third kappa shape index (κ3) is 1.14. The highest BCUT2D eigenvalue weighted by atomic mass is 16.1. The molecule has 5 aromatic rings. The van der Waals surface area contributed by atoms with E-state index in [2.05, 4.69) is 41.4 Å². The van der Waals surface area contributed by atoms with Crippen molar-refractivity contribution in [2.45, 2.75) is 0 Å². The van der Waals surface area contributed by atoms with E-state index in [4.69, 9.17) is 0 Å². The molecule has 2 nitrogen and oxygen atoms in total. The molecule has 0 aliphatic heterocycles. The van der Waals surface area contributed by atoms with Gasteiger partial charge in [-0.15, -0.1) is 0 Å². The van der Waals surface area contributed by atoms with E-state index in [-0.39, 0.29) is 5.56 Å². The minimum atomic E-state index is -0.190. The van der Waals surface area contributed by atoms with Crippen molar-refractivity contribution >= 4 is 43.1 Å². The smallest absolute Gasteiger partial charge is 0.267 e. The van der Waals surface area contributed by atoms with Crippen LogP contribution in [-0.2, 0) is 0 Å². The van der Waals surface area contributed by atoms with Crippen LogP contribution in [0.2, 0.25) is 0 Å². The van der Waals surface area contributed by atoms with Gasteiger partial charge >= 0.3 is 0 Å². The van der Waals surface area contributed by atoms with E-state index in [0.29, 0.717) is 0 Å². The van der Waals surface area contributed by atoms with E-state index in [1.54, 1.807) is 12.3 Å². The highest BCUT2D eigenvalue weighted by Gasteiger charge is 2.15. The Morgan fingerprint density at radius 2 is 1.60 bits per heavy atom. The van der Waals surface area contributed by atoms with Crippen LogP contribution in [0.15, 0.2) is 59.5 Å². The third-order valence-corrected chi connectivity index (χ3v) is 4.16. The van der Waals surface area contributed by atoms with E-state index >= 15 is 0 Å². The second kappa shape index (κ2) is 3.23. The Morgan fingerprint density at radius 3 is 2.55 bits per heavy atom. The average Bonchev–Trinajstić information content (AvgIpc) is 3.13. The van der Waals surface area contributed by atoms with Crippen molar-refractivity contribution in [3.8, 4) is 0 Å². The summed E-state index contributed by atoms with van der Waals surface area (Å²) in [5.41, 5.74) is -0.190. The summed E-state index contributed by atoms with van der Waals surface area (Å²) in [6.45, 7) is 0. The molecule has 2 heteroatoms. The maximum absolute atomic E-state index is 11.7. The molecule has 0 saturated heterocycles. The van der Waals surface area contributed by atoms with Crippen LogP contribution < -0.4 is 5.56 Å². The Balaban J connectivity index is 2.21. The maximum atomic E-state index is 11.7. The monoisotopic (exact) mass is 255 g/mol. The van der Waals surface area contributed by atoms with Crippen LogP contribution in [-0.4, -0.2) is 4.98 Å². The lowest BCUT2D eigenvalue weighted by molar-refractivity contribution is 1.28. The lowest BCUT2D eigenvalue weighted by Crippen LogP contribution is -1.96. The summed E-state index contributed by atoms with van der Waals surface area (Å²) < 4.78 is 0. The predicted octanol–water partition coefficient (Wildman–Crippen LogP) is 3.93. The number of fused-ring (bicyclic) bond motifs is 8. The molecule has 0 amide bonds. The Morgan fingerprint density at radius 1 is 0.700 bits per heavy atom. The van der Waals surface area contributed by atoms with Gasteiger partial charge in [-0.3, -0.25) is 4.79 Å². The third-order valence-electron chi connectivity index (χ3n) is 4.16. The number of aromatic nitrogens is 1. The van der Waals surface area contributed by atoms with Gasteiger partial charge in [-0.05, 0) is 55.2 Å². The SMILES string of the molecule is O=c1cc2c(ccn1)c1cc1c1c3cccc3ccc21. The Bertz CT molecular complexity index is 1160. The van der Waals surface area contributed by atoms with Gasteiger partial charge in [0.25, 0.3) is 5.56 Å². The topological polar surface area (TPSA) is 30.0 Å². The molecule has 0 fully saturated rings. The van der Waals surface area contributed by atoms with Crippen LogP contribution in [0.1, 0.15) is 0 Å². The molecule has 4 aromatic carbocycles. The molecule has 0 bridgehead atoms. The Kier molecular flexibility index (Phi) is 1.63. The summed E-state index contributed by atoms with van der Waals surface area (Å²) in [5, 5.41) is 9.59. The van der Waals surface area contributed by atoms with Crippen molar-refractivity contribution in [2.75, 3.05) is 0 Å². The highest BCUT2D eigenvalue weighted by molar-refractivity contribution is 6.36. The predicted molar refractivity (Wildman–Crippen MR) is 82.9 cm³/mol. The van der Waals surface area contributed by atoms with E-state index in [1.165, 1.54) is 26.9 Å². The van der Waals surface area contributed by atoms with Gasteiger partial charge in [0, 0.05) is 12.3 Å². The highest BCUT2D eigenvalue weighted by Crippen LogP contribution is 2.43. The number of hydrogen-bond acceptors (Lipinski definition) is 2. The zero-order valence-corrected chi connectivity index (χ0v) is 10.6. The Labute approximate surface area is 114 Å². The van der Waals surface area contributed by atoms with Crippen molar-refractivity contribution in [1.29, 1.82) is 0 Å².